The topological polar surface area (TPSA) is 81.4 Å². The molecule has 1 heterocycles. The molecule has 1 aromatic carbocycles. The number of carbonyl (C=O) groups excluding carboxylic acids is 2. The second-order valence-electron chi connectivity index (χ2n) is 6.16. The van der Waals surface area contributed by atoms with Crippen molar-refractivity contribution in [2.24, 2.45) is 5.73 Å². The van der Waals surface area contributed by atoms with E-state index in [1.165, 1.54) is 16.9 Å². The molecule has 25 heavy (non-hydrogen) atoms. The van der Waals surface area contributed by atoms with Gasteiger partial charge in [-0.1, -0.05) is 25.5 Å². The third-order valence-corrected chi connectivity index (χ3v) is 5.46. The van der Waals surface area contributed by atoms with Crippen molar-refractivity contribution in [2.45, 2.75) is 39.0 Å². The lowest BCUT2D eigenvalue weighted by Gasteiger charge is -2.08. The molecular weight excluding hydrogens is 336 g/mol. The summed E-state index contributed by atoms with van der Waals surface area (Å²) in [5, 5.41) is 3.32. The number of nitrogens with one attached hydrogen (secondary N) is 1. The molecule has 1 aliphatic rings. The number of carbonyl (C=O) groups is 2. The summed E-state index contributed by atoms with van der Waals surface area (Å²) in [5.41, 5.74) is 8.21. The lowest BCUT2D eigenvalue weighted by atomic mass is 10.1. The van der Waals surface area contributed by atoms with Crippen molar-refractivity contribution in [2.75, 3.05) is 11.9 Å². The summed E-state index contributed by atoms with van der Waals surface area (Å²) in [7, 11) is 0. The van der Waals surface area contributed by atoms with Gasteiger partial charge in [-0.2, -0.15) is 0 Å². The summed E-state index contributed by atoms with van der Waals surface area (Å²) >= 11 is 1.45. The Bertz CT molecular complexity index is 781. The van der Waals surface area contributed by atoms with E-state index >= 15 is 0 Å². The molecule has 1 aromatic heterocycles. The molecular formula is C19H22N2O3S. The van der Waals surface area contributed by atoms with Gasteiger partial charge in [0.15, 0.2) is 6.61 Å². The lowest BCUT2D eigenvalue weighted by molar-refractivity contribution is -0.118. The Labute approximate surface area is 151 Å². The van der Waals surface area contributed by atoms with E-state index in [1.807, 2.05) is 24.3 Å². The van der Waals surface area contributed by atoms with E-state index in [9.17, 15) is 9.59 Å². The Kier molecular flexibility index (Phi) is 5.38. The monoisotopic (exact) mass is 358 g/mol. The Morgan fingerprint density at radius 2 is 2.00 bits per heavy atom. The van der Waals surface area contributed by atoms with Gasteiger partial charge >= 0.3 is 0 Å². The van der Waals surface area contributed by atoms with Crippen molar-refractivity contribution in [3.8, 4) is 5.75 Å². The number of nitrogens with two attached hydrogens (primary N) is 1. The first kappa shape index (κ1) is 17.5. The van der Waals surface area contributed by atoms with Crippen LogP contribution in [0.4, 0.5) is 5.00 Å². The Hall–Kier alpha value is -2.34. The maximum atomic E-state index is 12.2. The number of thiophene rings is 1. The zero-order chi connectivity index (χ0) is 17.8. The van der Waals surface area contributed by atoms with E-state index in [-0.39, 0.29) is 12.5 Å². The van der Waals surface area contributed by atoms with Crippen molar-refractivity contribution in [1.82, 2.24) is 0 Å². The highest BCUT2D eigenvalue weighted by atomic mass is 32.1. The number of benzene rings is 1. The minimum Gasteiger partial charge on any atom is -0.484 e. The summed E-state index contributed by atoms with van der Waals surface area (Å²) in [6.07, 6.45) is 4.94. The third-order valence-electron chi connectivity index (χ3n) is 4.25. The molecule has 0 bridgehead atoms. The zero-order valence-corrected chi connectivity index (χ0v) is 15.1. The van der Waals surface area contributed by atoms with Crippen molar-refractivity contribution < 1.29 is 14.3 Å². The van der Waals surface area contributed by atoms with Crippen LogP contribution in [0.1, 0.15) is 46.1 Å². The fraction of sp³-hybridized carbons (Fsp3) is 0.368. The predicted octanol–water partition coefficient (Wildman–Crippen LogP) is 3.31. The van der Waals surface area contributed by atoms with Crippen LogP contribution in [0.25, 0.3) is 0 Å². The van der Waals surface area contributed by atoms with Crippen LogP contribution in [0.3, 0.4) is 0 Å². The van der Waals surface area contributed by atoms with E-state index in [1.54, 1.807) is 0 Å². The third kappa shape index (κ3) is 4.02. The minimum atomic E-state index is -0.484. The van der Waals surface area contributed by atoms with Crippen molar-refractivity contribution in [1.29, 1.82) is 0 Å². The highest BCUT2D eigenvalue weighted by Crippen LogP contribution is 2.38. The van der Waals surface area contributed by atoms with Gasteiger partial charge in [-0.3, -0.25) is 9.59 Å². The quantitative estimate of drug-likeness (QED) is 0.797. The highest BCUT2D eigenvalue weighted by molar-refractivity contribution is 7.17. The van der Waals surface area contributed by atoms with Gasteiger partial charge in [-0.25, -0.2) is 0 Å². The van der Waals surface area contributed by atoms with Crippen LogP contribution >= 0.6 is 11.3 Å². The first-order chi connectivity index (χ1) is 12.1. The number of hydrogen-bond acceptors (Lipinski definition) is 4. The summed E-state index contributed by atoms with van der Waals surface area (Å²) in [4.78, 5) is 25.1. The summed E-state index contributed by atoms with van der Waals surface area (Å²) in [6, 6.07) is 7.75. The fourth-order valence-electron chi connectivity index (χ4n) is 3.11. The van der Waals surface area contributed by atoms with Gasteiger partial charge in [0, 0.05) is 4.88 Å². The molecule has 3 rings (SSSR count). The van der Waals surface area contributed by atoms with E-state index in [4.69, 9.17) is 10.5 Å². The molecule has 6 heteroatoms. The van der Waals surface area contributed by atoms with E-state index in [0.29, 0.717) is 16.3 Å². The maximum Gasteiger partial charge on any atom is 0.262 e. The van der Waals surface area contributed by atoms with Gasteiger partial charge in [0.05, 0.1) is 5.56 Å². The summed E-state index contributed by atoms with van der Waals surface area (Å²) < 4.78 is 5.53. The number of aryl methyl sites for hydroxylation is 2. The van der Waals surface area contributed by atoms with Crippen LogP contribution in [0.5, 0.6) is 5.75 Å². The Morgan fingerprint density at radius 3 is 2.68 bits per heavy atom. The van der Waals surface area contributed by atoms with Crippen LogP contribution in [-0.2, 0) is 24.1 Å². The first-order valence-electron chi connectivity index (χ1n) is 8.54. The SMILES string of the molecule is CCCc1ccc(OCC(=O)Nc2sc3c(c2C(N)=O)CCC3)cc1. The van der Waals surface area contributed by atoms with Gasteiger partial charge < -0.3 is 15.8 Å². The van der Waals surface area contributed by atoms with Gasteiger partial charge in [0.2, 0.25) is 0 Å². The molecule has 0 radical (unpaired) electrons. The fourth-order valence-corrected chi connectivity index (χ4v) is 4.42. The number of anilines is 1. The number of fused-ring (bicyclic) bond motifs is 1. The molecule has 3 N–H and O–H groups in total. The molecule has 0 spiro atoms. The van der Waals surface area contributed by atoms with Crippen LogP contribution in [-0.4, -0.2) is 18.4 Å². The second kappa shape index (κ2) is 7.70. The molecule has 0 saturated carbocycles. The smallest absolute Gasteiger partial charge is 0.262 e. The number of primary amides is 1. The molecule has 2 amide bonds. The average molecular weight is 358 g/mol. The molecule has 0 saturated heterocycles. The zero-order valence-electron chi connectivity index (χ0n) is 14.3. The Morgan fingerprint density at radius 1 is 1.24 bits per heavy atom. The first-order valence-corrected chi connectivity index (χ1v) is 9.36. The second-order valence-corrected chi connectivity index (χ2v) is 7.26. The largest absolute Gasteiger partial charge is 0.484 e. The average Bonchev–Trinajstić information content (AvgIpc) is 3.14. The highest BCUT2D eigenvalue weighted by Gasteiger charge is 2.26. The van der Waals surface area contributed by atoms with Crippen LogP contribution < -0.4 is 15.8 Å². The van der Waals surface area contributed by atoms with Gasteiger partial charge in [-0.05, 0) is 48.9 Å². The van der Waals surface area contributed by atoms with Crippen LogP contribution in [0, 0.1) is 0 Å². The standard InChI is InChI=1S/C19H22N2O3S/c1-2-4-12-7-9-13(10-8-12)24-11-16(22)21-19-17(18(20)23)14-5-3-6-15(14)25-19/h7-10H,2-6,11H2,1H3,(H2,20,23)(H,21,22). The van der Waals surface area contributed by atoms with Crippen LogP contribution in [0.2, 0.25) is 0 Å². The van der Waals surface area contributed by atoms with E-state index in [0.717, 1.165) is 42.5 Å². The molecule has 0 unspecified atom stereocenters. The Balaban J connectivity index is 1.60. The molecule has 0 atom stereocenters. The number of amides is 2. The molecule has 132 valence electrons. The number of hydrogen-bond donors (Lipinski definition) is 2. The van der Waals surface area contributed by atoms with Gasteiger partial charge in [0.1, 0.15) is 10.8 Å². The van der Waals surface area contributed by atoms with Crippen LogP contribution in [0.15, 0.2) is 24.3 Å². The number of rotatable bonds is 7. The van der Waals surface area contributed by atoms with E-state index < -0.39 is 5.91 Å². The van der Waals surface area contributed by atoms with Crippen molar-refractivity contribution in [3.63, 3.8) is 0 Å². The van der Waals surface area contributed by atoms with Gasteiger partial charge in [-0.15, -0.1) is 11.3 Å². The molecule has 0 fully saturated rings. The van der Waals surface area contributed by atoms with Gasteiger partial charge in [0.25, 0.3) is 11.8 Å². The summed E-state index contributed by atoms with van der Waals surface area (Å²) in [5.74, 6) is -0.124. The lowest BCUT2D eigenvalue weighted by Crippen LogP contribution is -2.22. The van der Waals surface area contributed by atoms with Crippen molar-refractivity contribution >= 4 is 28.2 Å². The molecule has 2 aromatic rings. The summed E-state index contributed by atoms with van der Waals surface area (Å²) in [6.45, 7) is 2.03. The molecule has 5 nitrogen and oxygen atoms in total. The van der Waals surface area contributed by atoms with E-state index in [2.05, 4.69) is 12.2 Å². The normalized spacial score (nSPS) is 12.7. The van der Waals surface area contributed by atoms with Crippen molar-refractivity contribution in [3.05, 3.63) is 45.8 Å². The maximum absolute atomic E-state index is 12.2. The number of ether oxygens (including phenoxy) is 1. The minimum absolute atomic E-state index is 0.103. The molecule has 0 aliphatic heterocycles. The molecule has 1 aliphatic carbocycles. The predicted molar refractivity (Wildman–Crippen MR) is 99.4 cm³/mol.